The highest BCUT2D eigenvalue weighted by Gasteiger charge is 2.45. The van der Waals surface area contributed by atoms with Crippen molar-refractivity contribution >= 4 is 23.6 Å². The number of carbonyl (C=O) groups excluding carboxylic acids is 4. The Bertz CT molecular complexity index is 886. The van der Waals surface area contributed by atoms with Crippen molar-refractivity contribution in [3.63, 3.8) is 0 Å². The zero-order valence-electron chi connectivity index (χ0n) is 16.6. The molecule has 0 radical (unpaired) electrons. The first-order valence-electron chi connectivity index (χ1n) is 10.4. The van der Waals surface area contributed by atoms with Crippen LogP contribution in [-0.2, 0) is 16.1 Å². The van der Waals surface area contributed by atoms with E-state index in [4.69, 9.17) is 0 Å². The number of rotatable bonds is 5. The topological polar surface area (TPSA) is 128 Å². The molecule has 0 aromatic heterocycles. The lowest BCUT2D eigenvalue weighted by atomic mass is 9.95. The van der Waals surface area contributed by atoms with Gasteiger partial charge in [0.15, 0.2) is 0 Å². The molecule has 0 aliphatic carbocycles. The molecule has 3 heterocycles. The highest BCUT2D eigenvalue weighted by Crippen LogP contribution is 2.30. The summed E-state index contributed by atoms with van der Waals surface area (Å²) in [5, 5.41) is 18.7. The first-order chi connectivity index (χ1) is 14.5. The molecule has 0 bridgehead atoms. The molecule has 30 heavy (non-hydrogen) atoms. The fraction of sp³-hybridized carbons (Fsp3) is 0.524. The molecular weight excluding hydrogens is 388 g/mol. The zero-order chi connectivity index (χ0) is 21.3. The maximum Gasteiger partial charge on any atom is 0.262 e. The van der Waals surface area contributed by atoms with Gasteiger partial charge in [-0.25, -0.2) is 0 Å². The van der Waals surface area contributed by atoms with Crippen LogP contribution in [0.25, 0.3) is 0 Å². The van der Waals surface area contributed by atoms with Gasteiger partial charge in [-0.05, 0) is 49.9 Å². The molecule has 4 N–H and O–H groups in total. The monoisotopic (exact) mass is 414 g/mol. The van der Waals surface area contributed by atoms with Gasteiger partial charge < -0.3 is 15.7 Å². The molecule has 1 aromatic rings. The van der Waals surface area contributed by atoms with E-state index in [0.29, 0.717) is 17.7 Å². The maximum atomic E-state index is 13.1. The van der Waals surface area contributed by atoms with Gasteiger partial charge in [-0.3, -0.25) is 29.4 Å². The predicted octanol–water partition coefficient (Wildman–Crippen LogP) is -0.462. The van der Waals surface area contributed by atoms with Crippen LogP contribution in [0.2, 0.25) is 0 Å². The molecule has 2 saturated heterocycles. The van der Waals surface area contributed by atoms with Crippen LogP contribution in [0.5, 0.6) is 0 Å². The molecule has 2 fully saturated rings. The average molecular weight is 414 g/mol. The third-order valence-corrected chi connectivity index (χ3v) is 6.24. The lowest BCUT2D eigenvalue weighted by Gasteiger charge is -2.28. The van der Waals surface area contributed by atoms with Crippen LogP contribution < -0.4 is 16.0 Å². The number of nitrogens with one attached hydrogen (secondary N) is 3. The van der Waals surface area contributed by atoms with Crippen molar-refractivity contribution < 1.29 is 24.3 Å². The van der Waals surface area contributed by atoms with Gasteiger partial charge in [0.1, 0.15) is 6.04 Å². The highest BCUT2D eigenvalue weighted by molar-refractivity contribution is 6.24. The Kier molecular flexibility index (Phi) is 5.94. The minimum atomic E-state index is -0.970. The summed E-state index contributed by atoms with van der Waals surface area (Å²) in [6, 6.07) is 4.25. The third kappa shape index (κ3) is 3.76. The number of amides is 4. The van der Waals surface area contributed by atoms with Crippen LogP contribution >= 0.6 is 0 Å². The van der Waals surface area contributed by atoms with Crippen molar-refractivity contribution in [1.29, 1.82) is 0 Å². The van der Waals surface area contributed by atoms with Crippen LogP contribution in [0.3, 0.4) is 0 Å². The molecule has 160 valence electrons. The van der Waals surface area contributed by atoms with Crippen LogP contribution in [0.1, 0.15) is 52.0 Å². The lowest BCUT2D eigenvalue weighted by molar-refractivity contribution is -0.136. The molecule has 0 spiro atoms. The summed E-state index contributed by atoms with van der Waals surface area (Å²) in [4.78, 5) is 50.7. The number of carbonyl (C=O) groups is 4. The Morgan fingerprint density at radius 2 is 1.87 bits per heavy atom. The van der Waals surface area contributed by atoms with Gasteiger partial charge in [-0.1, -0.05) is 12.1 Å². The summed E-state index contributed by atoms with van der Waals surface area (Å²) in [6.45, 7) is 2.18. The minimum Gasteiger partial charge on any atom is -0.396 e. The van der Waals surface area contributed by atoms with Gasteiger partial charge in [0.05, 0.1) is 11.1 Å². The first kappa shape index (κ1) is 20.6. The molecule has 4 amide bonds. The summed E-state index contributed by atoms with van der Waals surface area (Å²) in [7, 11) is 0. The molecule has 3 aliphatic heterocycles. The van der Waals surface area contributed by atoms with Crippen LogP contribution in [0.15, 0.2) is 18.2 Å². The van der Waals surface area contributed by atoms with E-state index in [1.807, 2.05) is 0 Å². The molecule has 1 aromatic carbocycles. The zero-order valence-corrected chi connectivity index (χ0v) is 16.6. The Morgan fingerprint density at radius 3 is 2.63 bits per heavy atom. The number of benzene rings is 1. The van der Waals surface area contributed by atoms with E-state index in [2.05, 4.69) is 16.0 Å². The Hall–Kier alpha value is -2.62. The number of aliphatic hydroxyl groups excluding tert-OH is 1. The van der Waals surface area contributed by atoms with E-state index in [1.165, 1.54) is 0 Å². The minimum absolute atomic E-state index is 0.0902. The van der Waals surface area contributed by atoms with E-state index in [1.54, 1.807) is 18.2 Å². The molecule has 0 saturated carbocycles. The molecule has 3 atom stereocenters. The van der Waals surface area contributed by atoms with Crippen LogP contribution in [0.4, 0.5) is 0 Å². The molecule has 4 rings (SSSR count). The van der Waals surface area contributed by atoms with E-state index >= 15 is 0 Å². The second kappa shape index (κ2) is 8.63. The number of hydrogen-bond donors (Lipinski definition) is 4. The van der Waals surface area contributed by atoms with Crippen molar-refractivity contribution in [3.8, 4) is 0 Å². The van der Waals surface area contributed by atoms with Gasteiger partial charge in [0.2, 0.25) is 11.8 Å². The molecule has 9 heteroatoms. The lowest BCUT2D eigenvalue weighted by Crippen LogP contribution is -2.54. The Morgan fingerprint density at radius 1 is 1.07 bits per heavy atom. The SMILES string of the molecule is O=C1CCC(N2C(=O)c3cccc(CNC4CCNCCC4CO)c3C2=O)C(=O)N1. The molecular formula is C21H26N4O5. The maximum absolute atomic E-state index is 13.1. The van der Waals surface area contributed by atoms with E-state index in [0.717, 1.165) is 30.8 Å². The normalized spacial score (nSPS) is 27.1. The third-order valence-electron chi connectivity index (χ3n) is 6.24. The van der Waals surface area contributed by atoms with Gasteiger partial charge in [0, 0.05) is 25.6 Å². The van der Waals surface area contributed by atoms with Gasteiger partial charge in [0.25, 0.3) is 11.8 Å². The largest absolute Gasteiger partial charge is 0.396 e. The fourth-order valence-electron chi connectivity index (χ4n) is 4.57. The van der Waals surface area contributed by atoms with Crippen molar-refractivity contribution in [3.05, 3.63) is 34.9 Å². The number of piperidine rings is 1. The second-order valence-corrected chi connectivity index (χ2v) is 8.04. The van der Waals surface area contributed by atoms with Gasteiger partial charge >= 0.3 is 0 Å². The van der Waals surface area contributed by atoms with E-state index in [9.17, 15) is 24.3 Å². The predicted molar refractivity (Wildman–Crippen MR) is 106 cm³/mol. The average Bonchev–Trinajstić information content (AvgIpc) is 2.88. The quantitative estimate of drug-likeness (QED) is 0.480. The van der Waals surface area contributed by atoms with Gasteiger partial charge in [-0.2, -0.15) is 0 Å². The van der Waals surface area contributed by atoms with E-state index in [-0.39, 0.29) is 37.0 Å². The fourth-order valence-corrected chi connectivity index (χ4v) is 4.57. The Labute approximate surface area is 174 Å². The Balaban J connectivity index is 1.54. The van der Waals surface area contributed by atoms with Crippen molar-refractivity contribution in [1.82, 2.24) is 20.9 Å². The summed E-state index contributed by atoms with van der Waals surface area (Å²) in [5.41, 5.74) is 1.28. The standard InChI is InChI=1S/C21H26N4O5/c26-11-13-6-8-22-9-7-15(13)23-10-12-2-1-3-14-18(12)21(30)25(20(14)29)16-4-5-17(27)24-19(16)28/h1-3,13,15-16,22-23,26H,4-11H2,(H,24,27,28). The van der Waals surface area contributed by atoms with Gasteiger partial charge in [-0.15, -0.1) is 0 Å². The van der Waals surface area contributed by atoms with Crippen molar-refractivity contribution in [2.75, 3.05) is 19.7 Å². The number of fused-ring (bicyclic) bond motifs is 1. The van der Waals surface area contributed by atoms with Crippen molar-refractivity contribution in [2.24, 2.45) is 5.92 Å². The second-order valence-electron chi connectivity index (χ2n) is 8.04. The van der Waals surface area contributed by atoms with E-state index < -0.39 is 29.7 Å². The number of nitrogens with zero attached hydrogens (tertiary/aromatic N) is 1. The summed E-state index contributed by atoms with van der Waals surface area (Å²) >= 11 is 0. The number of imide groups is 2. The molecule has 9 nitrogen and oxygen atoms in total. The van der Waals surface area contributed by atoms with Crippen LogP contribution in [0, 0.1) is 5.92 Å². The number of aliphatic hydroxyl groups is 1. The van der Waals surface area contributed by atoms with Crippen molar-refractivity contribution in [2.45, 2.75) is 44.3 Å². The summed E-state index contributed by atoms with van der Waals surface area (Å²) in [5.74, 6) is -1.89. The first-order valence-corrected chi connectivity index (χ1v) is 10.4. The van der Waals surface area contributed by atoms with Crippen LogP contribution in [-0.4, -0.2) is 65.4 Å². The highest BCUT2D eigenvalue weighted by atomic mass is 16.3. The molecule has 3 unspecified atom stereocenters. The number of hydrogen-bond acceptors (Lipinski definition) is 7. The summed E-state index contributed by atoms with van der Waals surface area (Å²) < 4.78 is 0. The summed E-state index contributed by atoms with van der Waals surface area (Å²) in [6.07, 6.45) is 1.95. The molecule has 3 aliphatic rings. The smallest absolute Gasteiger partial charge is 0.262 e.